The van der Waals surface area contributed by atoms with Gasteiger partial charge in [-0.1, -0.05) is 17.7 Å². The van der Waals surface area contributed by atoms with Crippen molar-refractivity contribution in [3.63, 3.8) is 0 Å². The molecule has 0 aliphatic carbocycles. The van der Waals surface area contributed by atoms with Crippen molar-refractivity contribution in [3.8, 4) is 5.75 Å². The van der Waals surface area contributed by atoms with Crippen LogP contribution in [0.4, 0.5) is 8.78 Å². The average Bonchev–Trinajstić information content (AvgIpc) is 2.37. The van der Waals surface area contributed by atoms with E-state index in [1.54, 1.807) is 6.07 Å². The fraction of sp³-hybridized carbons (Fsp3) is 0.143. The monoisotopic (exact) mass is 284 g/mol. The van der Waals surface area contributed by atoms with E-state index < -0.39 is 11.6 Å². The van der Waals surface area contributed by atoms with Gasteiger partial charge in [0.25, 0.3) is 0 Å². The van der Waals surface area contributed by atoms with Gasteiger partial charge < -0.3 is 9.84 Å². The summed E-state index contributed by atoms with van der Waals surface area (Å²) in [6, 6.07) is 8.16. The summed E-state index contributed by atoms with van der Waals surface area (Å²) < 4.78 is 32.0. The first-order chi connectivity index (χ1) is 9.10. The predicted octanol–water partition coefficient (Wildman–Crippen LogP) is 3.69. The fourth-order valence-corrected chi connectivity index (χ4v) is 1.84. The average molecular weight is 285 g/mol. The van der Waals surface area contributed by atoms with E-state index >= 15 is 0 Å². The number of hydrogen-bond acceptors (Lipinski definition) is 2. The Bertz CT molecular complexity index is 567. The van der Waals surface area contributed by atoms with Crippen molar-refractivity contribution in [1.29, 1.82) is 0 Å². The van der Waals surface area contributed by atoms with Gasteiger partial charge in [-0.15, -0.1) is 0 Å². The molecular formula is C14H11ClF2O2. The number of aliphatic hydroxyl groups is 1. The van der Waals surface area contributed by atoms with Gasteiger partial charge in [-0.25, -0.2) is 8.78 Å². The second kappa shape index (κ2) is 5.99. The predicted molar refractivity (Wildman–Crippen MR) is 68.1 cm³/mol. The van der Waals surface area contributed by atoms with E-state index in [9.17, 15) is 8.78 Å². The van der Waals surface area contributed by atoms with E-state index in [1.807, 2.05) is 0 Å². The lowest BCUT2D eigenvalue weighted by Gasteiger charge is -2.10. The molecule has 0 fully saturated rings. The van der Waals surface area contributed by atoms with Gasteiger partial charge in [-0.05, 0) is 29.8 Å². The van der Waals surface area contributed by atoms with Crippen LogP contribution >= 0.6 is 11.6 Å². The maximum absolute atomic E-state index is 13.5. The van der Waals surface area contributed by atoms with Gasteiger partial charge in [0, 0.05) is 11.6 Å². The molecule has 0 saturated heterocycles. The van der Waals surface area contributed by atoms with Crippen molar-refractivity contribution in [3.05, 3.63) is 64.2 Å². The smallest absolute Gasteiger partial charge is 0.131 e. The molecule has 0 aromatic heterocycles. The van der Waals surface area contributed by atoms with Crippen LogP contribution in [-0.4, -0.2) is 5.11 Å². The number of benzene rings is 2. The third-order valence-corrected chi connectivity index (χ3v) is 2.91. The van der Waals surface area contributed by atoms with Crippen LogP contribution in [0.3, 0.4) is 0 Å². The molecule has 0 unspecified atom stereocenters. The van der Waals surface area contributed by atoms with Crippen molar-refractivity contribution >= 4 is 11.6 Å². The van der Waals surface area contributed by atoms with Crippen LogP contribution in [-0.2, 0) is 13.2 Å². The molecule has 0 amide bonds. The van der Waals surface area contributed by atoms with E-state index in [0.717, 1.165) is 6.07 Å². The molecule has 0 bridgehead atoms. The Morgan fingerprint density at radius 1 is 1.16 bits per heavy atom. The Morgan fingerprint density at radius 2 is 1.95 bits per heavy atom. The zero-order valence-electron chi connectivity index (χ0n) is 9.87. The first-order valence-corrected chi connectivity index (χ1v) is 5.94. The van der Waals surface area contributed by atoms with Crippen LogP contribution in [0.2, 0.25) is 5.02 Å². The molecule has 5 heteroatoms. The second-order valence-corrected chi connectivity index (χ2v) is 4.35. The van der Waals surface area contributed by atoms with E-state index in [-0.39, 0.29) is 29.5 Å². The maximum Gasteiger partial charge on any atom is 0.131 e. The summed E-state index contributed by atoms with van der Waals surface area (Å²) in [7, 11) is 0. The van der Waals surface area contributed by atoms with E-state index in [4.69, 9.17) is 21.4 Å². The molecule has 0 aliphatic heterocycles. The molecule has 1 N–H and O–H groups in total. The maximum atomic E-state index is 13.5. The molecule has 100 valence electrons. The highest BCUT2D eigenvalue weighted by atomic mass is 35.5. The summed E-state index contributed by atoms with van der Waals surface area (Å²) in [4.78, 5) is 0. The second-order valence-electron chi connectivity index (χ2n) is 3.94. The molecule has 2 aromatic rings. The lowest BCUT2D eigenvalue weighted by atomic mass is 10.2. The molecule has 0 spiro atoms. The van der Waals surface area contributed by atoms with E-state index in [2.05, 4.69) is 0 Å². The molecule has 0 atom stereocenters. The largest absolute Gasteiger partial charge is 0.489 e. The van der Waals surface area contributed by atoms with Gasteiger partial charge >= 0.3 is 0 Å². The molecule has 2 nitrogen and oxygen atoms in total. The van der Waals surface area contributed by atoms with Gasteiger partial charge in [-0.3, -0.25) is 0 Å². The van der Waals surface area contributed by atoms with E-state index in [1.165, 1.54) is 24.3 Å². The highest BCUT2D eigenvalue weighted by Gasteiger charge is 2.08. The Kier molecular flexibility index (Phi) is 4.35. The minimum atomic E-state index is -0.527. The van der Waals surface area contributed by atoms with Crippen LogP contribution in [0.25, 0.3) is 0 Å². The van der Waals surface area contributed by atoms with Gasteiger partial charge in [0.05, 0.1) is 11.6 Å². The molecule has 0 heterocycles. The zero-order chi connectivity index (χ0) is 13.8. The zero-order valence-corrected chi connectivity index (χ0v) is 10.6. The van der Waals surface area contributed by atoms with Crippen molar-refractivity contribution in [2.24, 2.45) is 0 Å². The Hall–Kier alpha value is -1.65. The highest BCUT2D eigenvalue weighted by Crippen LogP contribution is 2.22. The summed E-state index contributed by atoms with van der Waals surface area (Å²) in [6.45, 7) is -0.408. The molecule has 0 saturated carbocycles. The molecule has 0 aliphatic rings. The van der Waals surface area contributed by atoms with E-state index in [0.29, 0.717) is 5.56 Å². The van der Waals surface area contributed by atoms with Gasteiger partial charge in [-0.2, -0.15) is 0 Å². The quantitative estimate of drug-likeness (QED) is 0.928. The first kappa shape index (κ1) is 13.8. The molecular weight excluding hydrogens is 274 g/mol. The van der Waals surface area contributed by atoms with Crippen molar-refractivity contribution in [2.75, 3.05) is 0 Å². The van der Waals surface area contributed by atoms with Crippen molar-refractivity contribution in [2.45, 2.75) is 13.2 Å². The summed E-state index contributed by atoms with van der Waals surface area (Å²) in [5.41, 5.74) is 0.591. The van der Waals surface area contributed by atoms with Crippen LogP contribution in [0.5, 0.6) is 5.75 Å². The molecule has 0 radical (unpaired) electrons. The number of hydrogen-bond donors (Lipinski definition) is 1. The lowest BCUT2D eigenvalue weighted by molar-refractivity contribution is 0.275. The summed E-state index contributed by atoms with van der Waals surface area (Å²) in [5, 5.41) is 9.21. The Balaban J connectivity index is 2.16. The number of rotatable bonds is 4. The van der Waals surface area contributed by atoms with Crippen LogP contribution in [0.1, 0.15) is 11.1 Å². The van der Waals surface area contributed by atoms with Crippen LogP contribution in [0.15, 0.2) is 36.4 Å². The molecule has 2 aromatic carbocycles. The van der Waals surface area contributed by atoms with Gasteiger partial charge in [0.15, 0.2) is 0 Å². The van der Waals surface area contributed by atoms with Gasteiger partial charge in [0.2, 0.25) is 0 Å². The van der Waals surface area contributed by atoms with Crippen LogP contribution < -0.4 is 4.74 Å². The molecule has 19 heavy (non-hydrogen) atoms. The minimum Gasteiger partial charge on any atom is -0.489 e. The van der Waals surface area contributed by atoms with Crippen molar-refractivity contribution in [1.82, 2.24) is 0 Å². The SMILES string of the molecule is OCc1cc(F)cc(OCc2c(F)cccc2Cl)c1. The number of ether oxygens (including phenoxy) is 1. The standard InChI is InChI=1S/C14H11ClF2O2/c15-13-2-1-3-14(17)12(13)8-19-11-5-9(7-18)4-10(16)6-11/h1-6,18H,7-8H2. The fourth-order valence-electron chi connectivity index (χ4n) is 1.62. The van der Waals surface area contributed by atoms with Gasteiger partial charge in [0.1, 0.15) is 24.0 Å². The summed E-state index contributed by atoms with van der Waals surface area (Å²) in [5.74, 6) is -0.796. The summed E-state index contributed by atoms with van der Waals surface area (Å²) in [6.07, 6.45) is 0. The minimum absolute atomic E-state index is 0.111. The van der Waals surface area contributed by atoms with Crippen molar-refractivity contribution < 1.29 is 18.6 Å². The number of halogens is 3. The molecule has 2 rings (SSSR count). The highest BCUT2D eigenvalue weighted by molar-refractivity contribution is 6.31. The Labute approximate surface area is 114 Å². The summed E-state index contributed by atoms with van der Waals surface area (Å²) >= 11 is 5.85. The first-order valence-electron chi connectivity index (χ1n) is 5.56. The lowest BCUT2D eigenvalue weighted by Crippen LogP contribution is -2.00. The third kappa shape index (κ3) is 3.43. The Morgan fingerprint density at radius 3 is 2.63 bits per heavy atom. The number of aliphatic hydroxyl groups excluding tert-OH is 1. The third-order valence-electron chi connectivity index (χ3n) is 2.56. The van der Waals surface area contributed by atoms with Crippen LogP contribution in [0, 0.1) is 11.6 Å². The topological polar surface area (TPSA) is 29.5 Å². The normalized spacial score (nSPS) is 10.5.